The van der Waals surface area contributed by atoms with Crippen LogP contribution in [0.3, 0.4) is 0 Å². The highest BCUT2D eigenvalue weighted by Crippen LogP contribution is 2.21. The lowest BCUT2D eigenvalue weighted by molar-refractivity contribution is -0.119. The molecule has 0 saturated carbocycles. The molecule has 0 unspecified atom stereocenters. The van der Waals surface area contributed by atoms with E-state index in [9.17, 15) is 9.59 Å². The number of carbonyl (C=O) groups is 2. The summed E-state index contributed by atoms with van der Waals surface area (Å²) < 4.78 is 0. The second-order valence-electron chi connectivity index (χ2n) is 8.06. The summed E-state index contributed by atoms with van der Waals surface area (Å²) in [5.74, 6) is 0.152. The molecule has 1 N–H and O–H groups in total. The zero-order valence-electron chi connectivity index (χ0n) is 16.8. The summed E-state index contributed by atoms with van der Waals surface area (Å²) in [5.41, 5.74) is 2.88. The smallest absolute Gasteiger partial charge is 0.251 e. The standard InChI is InChI=1S/C24H29N3O2/c28-23-8-4-5-15-27(23)22-11-9-20(10-12-22)24(29)25-21-13-16-26(17-14-21)18-19-6-2-1-3-7-19/h1-3,6-7,9-12,21H,4-5,8,13-18H2,(H,25,29). The van der Waals surface area contributed by atoms with E-state index in [4.69, 9.17) is 0 Å². The van der Waals surface area contributed by atoms with Crippen molar-refractivity contribution in [2.45, 2.75) is 44.7 Å². The van der Waals surface area contributed by atoms with Crippen molar-refractivity contribution in [1.82, 2.24) is 10.2 Å². The molecular formula is C24H29N3O2. The minimum absolute atomic E-state index is 0.0250. The molecule has 29 heavy (non-hydrogen) atoms. The van der Waals surface area contributed by atoms with E-state index < -0.39 is 0 Å². The fourth-order valence-electron chi connectivity index (χ4n) is 4.22. The molecule has 2 aromatic rings. The Hall–Kier alpha value is -2.66. The molecule has 2 aromatic carbocycles. The number of nitrogens with zero attached hydrogens (tertiary/aromatic N) is 2. The van der Waals surface area contributed by atoms with E-state index in [1.165, 1.54) is 5.56 Å². The third kappa shape index (κ3) is 5.04. The van der Waals surface area contributed by atoms with Gasteiger partial charge < -0.3 is 10.2 Å². The number of carbonyl (C=O) groups excluding carboxylic acids is 2. The van der Waals surface area contributed by atoms with Gasteiger partial charge in [0.05, 0.1) is 0 Å². The quantitative estimate of drug-likeness (QED) is 0.847. The van der Waals surface area contributed by atoms with Crippen LogP contribution in [0.25, 0.3) is 0 Å². The molecule has 0 bridgehead atoms. The van der Waals surface area contributed by atoms with Gasteiger partial charge >= 0.3 is 0 Å². The normalized spacial score (nSPS) is 18.6. The third-order valence-corrected chi connectivity index (χ3v) is 5.94. The van der Waals surface area contributed by atoms with Gasteiger partial charge in [0.25, 0.3) is 5.91 Å². The summed E-state index contributed by atoms with van der Waals surface area (Å²) >= 11 is 0. The van der Waals surface area contributed by atoms with Gasteiger partial charge in [0.2, 0.25) is 5.91 Å². The van der Waals surface area contributed by atoms with E-state index in [2.05, 4.69) is 34.5 Å². The number of hydrogen-bond donors (Lipinski definition) is 1. The minimum atomic E-state index is -0.0250. The molecule has 0 atom stereocenters. The first kappa shape index (κ1) is 19.6. The second kappa shape index (κ2) is 9.23. The molecule has 152 valence electrons. The van der Waals surface area contributed by atoms with Crippen molar-refractivity contribution in [3.8, 4) is 0 Å². The number of amides is 2. The number of rotatable bonds is 5. The van der Waals surface area contributed by atoms with E-state index in [0.29, 0.717) is 12.0 Å². The summed E-state index contributed by atoms with van der Waals surface area (Å²) in [6, 6.07) is 18.2. The Morgan fingerprint density at radius 3 is 2.34 bits per heavy atom. The van der Waals surface area contributed by atoms with Gasteiger partial charge in [0, 0.05) is 49.9 Å². The van der Waals surface area contributed by atoms with Crippen LogP contribution in [0, 0.1) is 0 Å². The van der Waals surface area contributed by atoms with Crippen LogP contribution in [0.4, 0.5) is 5.69 Å². The number of nitrogens with one attached hydrogen (secondary N) is 1. The fraction of sp³-hybridized carbons (Fsp3) is 0.417. The molecule has 0 aliphatic carbocycles. The third-order valence-electron chi connectivity index (χ3n) is 5.94. The van der Waals surface area contributed by atoms with Crippen molar-refractivity contribution in [3.05, 3.63) is 65.7 Å². The van der Waals surface area contributed by atoms with Crippen LogP contribution in [-0.4, -0.2) is 42.4 Å². The Kier molecular flexibility index (Phi) is 6.25. The average molecular weight is 392 g/mol. The Bertz CT molecular complexity index is 827. The Labute approximate surface area is 172 Å². The van der Waals surface area contributed by atoms with Crippen LogP contribution >= 0.6 is 0 Å². The first-order valence-corrected chi connectivity index (χ1v) is 10.7. The van der Waals surface area contributed by atoms with Crippen LogP contribution in [0.2, 0.25) is 0 Å². The molecule has 2 fully saturated rings. The SMILES string of the molecule is O=C(NC1CCN(Cc2ccccc2)CC1)c1ccc(N2CCCCC2=O)cc1. The van der Waals surface area contributed by atoms with Gasteiger partial charge in [-0.1, -0.05) is 30.3 Å². The van der Waals surface area contributed by atoms with Crippen LogP contribution in [0.15, 0.2) is 54.6 Å². The maximum atomic E-state index is 12.6. The van der Waals surface area contributed by atoms with Crippen molar-refractivity contribution < 1.29 is 9.59 Å². The Morgan fingerprint density at radius 1 is 0.931 bits per heavy atom. The summed E-state index contributed by atoms with van der Waals surface area (Å²) in [6.45, 7) is 3.73. The molecule has 2 aliphatic heterocycles. The van der Waals surface area contributed by atoms with Crippen LogP contribution in [0.5, 0.6) is 0 Å². The molecule has 2 heterocycles. The summed E-state index contributed by atoms with van der Waals surface area (Å²) in [4.78, 5) is 29.0. The number of anilines is 1. The van der Waals surface area contributed by atoms with Crippen molar-refractivity contribution in [2.24, 2.45) is 0 Å². The van der Waals surface area contributed by atoms with Crippen molar-refractivity contribution in [3.63, 3.8) is 0 Å². The maximum absolute atomic E-state index is 12.6. The minimum Gasteiger partial charge on any atom is -0.349 e. The van der Waals surface area contributed by atoms with Gasteiger partial charge in [-0.3, -0.25) is 14.5 Å². The van der Waals surface area contributed by atoms with E-state index in [1.54, 1.807) is 0 Å². The highest BCUT2D eigenvalue weighted by atomic mass is 16.2. The van der Waals surface area contributed by atoms with Crippen molar-refractivity contribution >= 4 is 17.5 Å². The first-order chi connectivity index (χ1) is 14.2. The Balaban J connectivity index is 1.27. The van der Waals surface area contributed by atoms with Crippen LogP contribution in [-0.2, 0) is 11.3 Å². The molecule has 2 saturated heterocycles. The van der Waals surface area contributed by atoms with Crippen molar-refractivity contribution in [2.75, 3.05) is 24.5 Å². The predicted octanol–water partition coefficient (Wildman–Crippen LogP) is 3.60. The second-order valence-corrected chi connectivity index (χ2v) is 8.06. The molecule has 4 rings (SSSR count). The van der Waals surface area contributed by atoms with E-state index in [1.807, 2.05) is 35.2 Å². The lowest BCUT2D eigenvalue weighted by atomic mass is 10.0. The maximum Gasteiger partial charge on any atom is 0.251 e. The van der Waals surface area contributed by atoms with E-state index in [-0.39, 0.29) is 17.9 Å². The van der Waals surface area contributed by atoms with Crippen molar-refractivity contribution in [1.29, 1.82) is 0 Å². The first-order valence-electron chi connectivity index (χ1n) is 10.7. The average Bonchev–Trinajstić information content (AvgIpc) is 2.76. The molecule has 5 heteroatoms. The molecule has 0 radical (unpaired) electrons. The van der Waals surface area contributed by atoms with Gasteiger partial charge in [-0.15, -0.1) is 0 Å². The predicted molar refractivity (Wildman–Crippen MR) is 115 cm³/mol. The number of benzene rings is 2. The lowest BCUT2D eigenvalue weighted by Gasteiger charge is -2.32. The van der Waals surface area contributed by atoms with Gasteiger partial charge in [-0.05, 0) is 55.5 Å². The molecule has 2 amide bonds. The molecule has 0 spiro atoms. The van der Waals surface area contributed by atoms with Gasteiger partial charge in [0.1, 0.15) is 0 Å². The summed E-state index contributed by atoms with van der Waals surface area (Å²) in [5, 5.41) is 3.18. The molecule has 2 aliphatic rings. The highest BCUT2D eigenvalue weighted by molar-refractivity contribution is 5.97. The molecule has 5 nitrogen and oxygen atoms in total. The van der Waals surface area contributed by atoms with Gasteiger partial charge in [-0.2, -0.15) is 0 Å². The lowest BCUT2D eigenvalue weighted by Crippen LogP contribution is -2.44. The number of piperidine rings is 2. The zero-order chi connectivity index (χ0) is 20.1. The summed E-state index contributed by atoms with van der Waals surface area (Å²) in [7, 11) is 0. The monoisotopic (exact) mass is 391 g/mol. The van der Waals surface area contributed by atoms with E-state index in [0.717, 1.165) is 57.5 Å². The molecular weight excluding hydrogens is 362 g/mol. The van der Waals surface area contributed by atoms with Crippen LogP contribution < -0.4 is 10.2 Å². The number of likely N-dealkylation sites (tertiary alicyclic amines) is 1. The van der Waals surface area contributed by atoms with Gasteiger partial charge in [0.15, 0.2) is 0 Å². The summed E-state index contributed by atoms with van der Waals surface area (Å²) in [6.07, 6.45) is 4.57. The van der Waals surface area contributed by atoms with Crippen LogP contribution in [0.1, 0.15) is 48.0 Å². The number of hydrogen-bond acceptors (Lipinski definition) is 3. The fourth-order valence-corrected chi connectivity index (χ4v) is 4.22. The topological polar surface area (TPSA) is 52.7 Å². The zero-order valence-corrected chi connectivity index (χ0v) is 16.8. The Morgan fingerprint density at radius 2 is 1.66 bits per heavy atom. The van der Waals surface area contributed by atoms with E-state index >= 15 is 0 Å². The molecule has 0 aromatic heterocycles. The highest BCUT2D eigenvalue weighted by Gasteiger charge is 2.22. The largest absolute Gasteiger partial charge is 0.349 e. The van der Waals surface area contributed by atoms with Gasteiger partial charge in [-0.25, -0.2) is 0 Å².